The van der Waals surface area contributed by atoms with Crippen molar-refractivity contribution in [2.75, 3.05) is 26.0 Å². The van der Waals surface area contributed by atoms with Gasteiger partial charge < -0.3 is 14.4 Å². The molecule has 2 rings (SSSR count). The molecule has 0 aromatic heterocycles. The molecule has 7 nitrogen and oxygen atoms in total. The van der Waals surface area contributed by atoms with E-state index in [-0.39, 0.29) is 19.3 Å². The summed E-state index contributed by atoms with van der Waals surface area (Å²) in [5.74, 6) is 0. The van der Waals surface area contributed by atoms with E-state index in [1.165, 1.54) is 4.90 Å². The SMILES string of the molecule is Cc1cc(Cl)cc(Br)c1CC1CN(C(=O)OC(C)(C)C)CC(COS(C)(=O)=O)O1. The zero-order valence-electron chi connectivity index (χ0n) is 17.2. The molecule has 0 N–H and O–H groups in total. The Morgan fingerprint density at radius 2 is 1.93 bits per heavy atom. The maximum absolute atomic E-state index is 12.6. The van der Waals surface area contributed by atoms with Crippen LogP contribution in [0.4, 0.5) is 4.79 Å². The summed E-state index contributed by atoms with van der Waals surface area (Å²) in [6, 6.07) is 3.67. The van der Waals surface area contributed by atoms with Gasteiger partial charge in [0.1, 0.15) is 11.7 Å². The van der Waals surface area contributed by atoms with Gasteiger partial charge in [0.05, 0.1) is 32.1 Å². The number of hydrogen-bond acceptors (Lipinski definition) is 6. The summed E-state index contributed by atoms with van der Waals surface area (Å²) in [5, 5.41) is 0.623. The fourth-order valence-electron chi connectivity index (χ4n) is 3.02. The molecule has 2 unspecified atom stereocenters. The number of rotatable bonds is 5. The Labute approximate surface area is 185 Å². The van der Waals surface area contributed by atoms with Crippen LogP contribution in [0.1, 0.15) is 31.9 Å². The van der Waals surface area contributed by atoms with Gasteiger partial charge in [0.15, 0.2) is 0 Å². The van der Waals surface area contributed by atoms with Crippen molar-refractivity contribution in [3.05, 3.63) is 32.8 Å². The molecule has 0 saturated carbocycles. The molecule has 1 aromatic rings. The van der Waals surface area contributed by atoms with Gasteiger partial charge in [-0.2, -0.15) is 8.42 Å². The second-order valence-corrected chi connectivity index (χ2v) is 11.1. The first-order valence-electron chi connectivity index (χ1n) is 9.16. The maximum Gasteiger partial charge on any atom is 0.410 e. The lowest BCUT2D eigenvalue weighted by atomic mass is 10.0. The molecule has 0 bridgehead atoms. The number of aryl methyl sites for hydroxylation is 1. The smallest absolute Gasteiger partial charge is 0.410 e. The van der Waals surface area contributed by atoms with Crippen LogP contribution in [-0.2, 0) is 30.2 Å². The van der Waals surface area contributed by atoms with Gasteiger partial charge in [0.25, 0.3) is 10.1 Å². The fourth-order valence-corrected chi connectivity index (χ4v) is 4.55. The van der Waals surface area contributed by atoms with Crippen LogP contribution in [0.15, 0.2) is 16.6 Å². The van der Waals surface area contributed by atoms with Gasteiger partial charge in [-0.1, -0.05) is 27.5 Å². The number of carbonyl (C=O) groups excluding carboxylic acids is 1. The lowest BCUT2D eigenvalue weighted by Crippen LogP contribution is -2.53. The van der Waals surface area contributed by atoms with Crippen LogP contribution in [0.25, 0.3) is 0 Å². The molecule has 1 saturated heterocycles. The van der Waals surface area contributed by atoms with Crippen molar-refractivity contribution in [1.29, 1.82) is 0 Å². The first kappa shape index (κ1) is 24.4. The summed E-state index contributed by atoms with van der Waals surface area (Å²) in [4.78, 5) is 14.1. The Kier molecular flexibility index (Phi) is 8.00. The standard InChI is InChI=1S/C19H27BrClNO6S/c1-12-6-13(21)7-17(20)16(12)8-14-9-22(18(23)28-19(2,3)4)10-15(27-14)11-26-29(5,24)25/h6-7,14-15H,8-11H2,1-5H3. The first-order valence-corrected chi connectivity index (χ1v) is 12.1. The molecule has 1 fully saturated rings. The van der Waals surface area contributed by atoms with Crippen molar-refractivity contribution >= 4 is 43.7 Å². The molecule has 29 heavy (non-hydrogen) atoms. The Balaban J connectivity index is 2.20. The number of morpholine rings is 1. The van der Waals surface area contributed by atoms with Gasteiger partial charge in [-0.25, -0.2) is 4.79 Å². The van der Waals surface area contributed by atoms with Crippen LogP contribution in [0.2, 0.25) is 5.02 Å². The molecule has 164 valence electrons. The van der Waals surface area contributed by atoms with Crippen LogP contribution < -0.4 is 0 Å². The largest absolute Gasteiger partial charge is 0.444 e. The van der Waals surface area contributed by atoms with E-state index in [1.807, 2.05) is 19.1 Å². The number of ether oxygens (including phenoxy) is 2. The van der Waals surface area contributed by atoms with E-state index in [1.54, 1.807) is 20.8 Å². The third kappa shape index (κ3) is 8.05. The van der Waals surface area contributed by atoms with Crippen molar-refractivity contribution in [3.63, 3.8) is 0 Å². The minimum Gasteiger partial charge on any atom is -0.444 e. The van der Waals surface area contributed by atoms with E-state index in [2.05, 4.69) is 15.9 Å². The van der Waals surface area contributed by atoms with Gasteiger partial charge in [0.2, 0.25) is 0 Å². The summed E-state index contributed by atoms with van der Waals surface area (Å²) in [6.45, 7) is 7.66. The molecule has 1 heterocycles. The normalized spacial score (nSPS) is 20.6. The lowest BCUT2D eigenvalue weighted by molar-refractivity contribution is -0.0979. The molecule has 10 heteroatoms. The molecule has 2 atom stereocenters. The Morgan fingerprint density at radius 3 is 2.48 bits per heavy atom. The summed E-state index contributed by atoms with van der Waals surface area (Å²) in [5.41, 5.74) is 1.36. The zero-order chi connectivity index (χ0) is 22.0. The number of hydrogen-bond donors (Lipinski definition) is 0. The number of nitrogens with zero attached hydrogens (tertiary/aromatic N) is 1. The van der Waals surface area contributed by atoms with Gasteiger partial charge in [-0.3, -0.25) is 4.18 Å². The second kappa shape index (κ2) is 9.51. The minimum absolute atomic E-state index is 0.171. The molecule has 1 amide bonds. The Hall–Kier alpha value is -0.870. The van der Waals surface area contributed by atoms with Gasteiger partial charge in [0, 0.05) is 15.9 Å². The second-order valence-electron chi connectivity index (χ2n) is 8.14. The molecular weight excluding hydrogens is 486 g/mol. The van der Waals surface area contributed by atoms with Crippen LogP contribution in [0, 0.1) is 6.92 Å². The summed E-state index contributed by atoms with van der Waals surface area (Å²) >= 11 is 9.63. The highest BCUT2D eigenvalue weighted by molar-refractivity contribution is 9.10. The van der Waals surface area contributed by atoms with E-state index < -0.39 is 27.9 Å². The van der Waals surface area contributed by atoms with E-state index in [0.717, 1.165) is 21.9 Å². The lowest BCUT2D eigenvalue weighted by Gasteiger charge is -2.38. The van der Waals surface area contributed by atoms with Crippen molar-refractivity contribution in [2.24, 2.45) is 0 Å². The topological polar surface area (TPSA) is 82.1 Å². The highest BCUT2D eigenvalue weighted by Crippen LogP contribution is 2.28. The minimum atomic E-state index is -3.62. The number of halogens is 2. The van der Waals surface area contributed by atoms with E-state index in [0.29, 0.717) is 18.0 Å². The quantitative estimate of drug-likeness (QED) is 0.556. The summed E-state index contributed by atoms with van der Waals surface area (Å²) in [6.07, 6.45) is 0.0656. The maximum atomic E-state index is 12.6. The van der Waals surface area contributed by atoms with Crippen LogP contribution >= 0.6 is 27.5 Å². The highest BCUT2D eigenvalue weighted by atomic mass is 79.9. The zero-order valence-corrected chi connectivity index (χ0v) is 20.4. The molecule has 0 spiro atoms. The third-order valence-corrected chi connectivity index (χ3v) is 5.66. The molecule has 0 radical (unpaired) electrons. The first-order chi connectivity index (χ1) is 13.2. The molecule has 1 aliphatic rings. The Morgan fingerprint density at radius 1 is 1.31 bits per heavy atom. The van der Waals surface area contributed by atoms with E-state index >= 15 is 0 Å². The molecule has 1 aromatic carbocycles. The molecule has 1 aliphatic heterocycles. The van der Waals surface area contributed by atoms with Crippen LogP contribution in [0.5, 0.6) is 0 Å². The van der Waals surface area contributed by atoms with Crippen molar-refractivity contribution < 1.29 is 26.9 Å². The number of carbonyl (C=O) groups is 1. The van der Waals surface area contributed by atoms with E-state index in [4.69, 9.17) is 25.3 Å². The molecular formula is C19H27BrClNO6S. The fraction of sp³-hybridized carbons (Fsp3) is 0.632. The van der Waals surface area contributed by atoms with Gasteiger partial charge in [-0.15, -0.1) is 0 Å². The predicted octanol–water partition coefficient (Wildman–Crippen LogP) is 3.93. The predicted molar refractivity (Wildman–Crippen MR) is 115 cm³/mol. The van der Waals surface area contributed by atoms with Crippen LogP contribution in [-0.4, -0.2) is 63.2 Å². The average molecular weight is 513 g/mol. The van der Waals surface area contributed by atoms with E-state index in [9.17, 15) is 13.2 Å². The highest BCUT2D eigenvalue weighted by Gasteiger charge is 2.34. The van der Waals surface area contributed by atoms with Gasteiger partial charge in [-0.05, 0) is 51.0 Å². The number of amides is 1. The van der Waals surface area contributed by atoms with Gasteiger partial charge >= 0.3 is 6.09 Å². The number of benzene rings is 1. The average Bonchev–Trinajstić information content (AvgIpc) is 2.54. The Bertz CT molecular complexity index is 832. The summed E-state index contributed by atoms with van der Waals surface area (Å²) in [7, 11) is -3.62. The van der Waals surface area contributed by atoms with Crippen molar-refractivity contribution in [1.82, 2.24) is 4.90 Å². The van der Waals surface area contributed by atoms with Crippen molar-refractivity contribution in [3.8, 4) is 0 Å². The van der Waals surface area contributed by atoms with Crippen molar-refractivity contribution in [2.45, 2.75) is 51.9 Å². The molecule has 0 aliphatic carbocycles. The van der Waals surface area contributed by atoms with Crippen LogP contribution in [0.3, 0.4) is 0 Å². The third-order valence-electron chi connectivity index (χ3n) is 4.17. The summed E-state index contributed by atoms with van der Waals surface area (Å²) < 4.78 is 40.0. The monoisotopic (exact) mass is 511 g/mol.